The topological polar surface area (TPSA) is 107 Å². The number of aromatic nitrogens is 1. The van der Waals surface area contributed by atoms with Crippen molar-refractivity contribution in [2.45, 2.75) is 38.3 Å². The number of hydrogen-bond acceptors (Lipinski definition) is 6. The van der Waals surface area contributed by atoms with E-state index in [0.717, 1.165) is 18.5 Å². The normalized spacial score (nSPS) is 21.3. The average molecular weight is 498 g/mol. The monoisotopic (exact) mass is 497 g/mol. The molecule has 0 unspecified atom stereocenters. The van der Waals surface area contributed by atoms with Crippen LogP contribution in [0.2, 0.25) is 0 Å². The zero-order chi connectivity index (χ0) is 24.6. The van der Waals surface area contributed by atoms with Gasteiger partial charge in [-0.1, -0.05) is 12.8 Å². The van der Waals surface area contributed by atoms with Crippen LogP contribution in [0.4, 0.5) is 0 Å². The van der Waals surface area contributed by atoms with Crippen molar-refractivity contribution in [2.24, 2.45) is 0 Å². The Hall–Kier alpha value is -2.90. The maximum absolute atomic E-state index is 13.2. The third kappa shape index (κ3) is 4.80. The Balaban J connectivity index is 1.34. The van der Waals surface area contributed by atoms with Crippen LogP contribution in [-0.4, -0.2) is 96.3 Å². The molecule has 3 fully saturated rings. The lowest BCUT2D eigenvalue weighted by molar-refractivity contribution is 0.0573. The molecule has 0 atom stereocenters. The van der Waals surface area contributed by atoms with Gasteiger partial charge in [-0.2, -0.15) is 5.26 Å². The summed E-state index contributed by atoms with van der Waals surface area (Å²) in [6.07, 6.45) is 5.13. The van der Waals surface area contributed by atoms with Gasteiger partial charge in [0.15, 0.2) is 9.84 Å². The van der Waals surface area contributed by atoms with E-state index in [-0.39, 0.29) is 43.0 Å². The SMILES string of the molecule is N#CCn1c(C(=O)N2CCS(=O)(=O)CC2)cc2cc(C(=O)N3CCN(C4CCCC4)CC3)ccc21. The van der Waals surface area contributed by atoms with Gasteiger partial charge in [0, 0.05) is 61.8 Å². The lowest BCUT2D eigenvalue weighted by atomic mass is 10.1. The molecule has 3 heterocycles. The van der Waals surface area contributed by atoms with Crippen molar-refractivity contribution in [2.75, 3.05) is 50.8 Å². The predicted octanol–water partition coefficient (Wildman–Crippen LogP) is 1.74. The number of rotatable bonds is 4. The molecule has 186 valence electrons. The summed E-state index contributed by atoms with van der Waals surface area (Å²) in [5.41, 5.74) is 1.63. The number of fused-ring (bicyclic) bond motifs is 1. The van der Waals surface area contributed by atoms with Crippen molar-refractivity contribution in [3.8, 4) is 6.07 Å². The van der Waals surface area contributed by atoms with E-state index in [1.165, 1.54) is 30.6 Å². The Kier molecular flexibility index (Phi) is 6.55. The van der Waals surface area contributed by atoms with E-state index in [1.807, 2.05) is 4.90 Å². The van der Waals surface area contributed by atoms with Crippen LogP contribution in [0.5, 0.6) is 0 Å². The van der Waals surface area contributed by atoms with Crippen molar-refractivity contribution < 1.29 is 18.0 Å². The number of hydrogen-bond donors (Lipinski definition) is 0. The highest BCUT2D eigenvalue weighted by Gasteiger charge is 2.30. The van der Waals surface area contributed by atoms with E-state index in [2.05, 4.69) is 11.0 Å². The molecule has 2 aromatic rings. The summed E-state index contributed by atoms with van der Waals surface area (Å²) in [4.78, 5) is 32.4. The van der Waals surface area contributed by atoms with Crippen molar-refractivity contribution in [3.05, 3.63) is 35.5 Å². The fraction of sp³-hybridized carbons (Fsp3) is 0.560. The fourth-order valence-electron chi connectivity index (χ4n) is 5.64. The summed E-state index contributed by atoms with van der Waals surface area (Å²) in [7, 11) is -3.11. The summed E-state index contributed by atoms with van der Waals surface area (Å²) in [6, 6.07) is 9.85. The van der Waals surface area contributed by atoms with Crippen LogP contribution in [-0.2, 0) is 16.4 Å². The molecular formula is C25H31N5O4S. The summed E-state index contributed by atoms with van der Waals surface area (Å²) in [5, 5.41) is 10.1. The second-order valence-corrected chi connectivity index (χ2v) is 12.1. The Labute approximate surface area is 205 Å². The minimum Gasteiger partial charge on any atom is -0.336 e. The van der Waals surface area contributed by atoms with Gasteiger partial charge in [-0.25, -0.2) is 8.42 Å². The van der Waals surface area contributed by atoms with Gasteiger partial charge in [0.1, 0.15) is 12.2 Å². The van der Waals surface area contributed by atoms with Crippen LogP contribution in [0.25, 0.3) is 10.9 Å². The van der Waals surface area contributed by atoms with Crippen LogP contribution in [0.1, 0.15) is 46.5 Å². The second-order valence-electron chi connectivity index (χ2n) is 9.76. The quantitative estimate of drug-likeness (QED) is 0.637. The van der Waals surface area contributed by atoms with Crippen molar-refractivity contribution >= 4 is 32.6 Å². The molecule has 10 heteroatoms. The fourth-order valence-corrected chi connectivity index (χ4v) is 6.84. The molecule has 0 N–H and O–H groups in total. The second kappa shape index (κ2) is 9.63. The van der Waals surface area contributed by atoms with Gasteiger partial charge >= 0.3 is 0 Å². The smallest absolute Gasteiger partial charge is 0.270 e. The highest BCUT2D eigenvalue weighted by Crippen LogP contribution is 2.26. The number of amides is 2. The molecule has 1 aromatic heterocycles. The third-order valence-electron chi connectivity index (χ3n) is 7.67. The Morgan fingerprint density at radius 1 is 0.914 bits per heavy atom. The van der Waals surface area contributed by atoms with E-state index in [9.17, 15) is 23.3 Å². The van der Waals surface area contributed by atoms with Gasteiger partial charge in [0.2, 0.25) is 0 Å². The maximum atomic E-state index is 13.2. The van der Waals surface area contributed by atoms with E-state index in [4.69, 9.17) is 0 Å². The molecule has 2 saturated heterocycles. The molecule has 2 aliphatic heterocycles. The van der Waals surface area contributed by atoms with Crippen LogP contribution >= 0.6 is 0 Å². The van der Waals surface area contributed by atoms with Crippen LogP contribution in [0.3, 0.4) is 0 Å². The number of piperazine rings is 1. The average Bonchev–Trinajstić information content (AvgIpc) is 3.52. The van der Waals surface area contributed by atoms with Gasteiger partial charge in [0.05, 0.1) is 17.6 Å². The first kappa shape index (κ1) is 23.8. The molecule has 3 aliphatic rings. The summed E-state index contributed by atoms with van der Waals surface area (Å²) >= 11 is 0. The van der Waals surface area contributed by atoms with Gasteiger partial charge in [-0.05, 0) is 37.1 Å². The number of nitriles is 1. The molecule has 5 rings (SSSR count). The van der Waals surface area contributed by atoms with Gasteiger partial charge in [-0.3, -0.25) is 14.5 Å². The molecule has 0 radical (unpaired) electrons. The molecule has 0 bridgehead atoms. The predicted molar refractivity (Wildman–Crippen MR) is 132 cm³/mol. The van der Waals surface area contributed by atoms with Crippen molar-refractivity contribution in [1.82, 2.24) is 19.3 Å². The van der Waals surface area contributed by atoms with Crippen LogP contribution in [0, 0.1) is 11.3 Å². The number of benzene rings is 1. The summed E-state index contributed by atoms with van der Waals surface area (Å²) in [5.74, 6) is -0.407. The Morgan fingerprint density at radius 3 is 2.23 bits per heavy atom. The summed E-state index contributed by atoms with van der Waals surface area (Å²) < 4.78 is 25.2. The number of sulfone groups is 1. The van der Waals surface area contributed by atoms with Crippen molar-refractivity contribution in [1.29, 1.82) is 5.26 Å². The van der Waals surface area contributed by atoms with Gasteiger partial charge in [-0.15, -0.1) is 0 Å². The lowest BCUT2D eigenvalue weighted by Crippen LogP contribution is -2.51. The van der Waals surface area contributed by atoms with E-state index >= 15 is 0 Å². The first-order valence-corrected chi connectivity index (χ1v) is 14.2. The van der Waals surface area contributed by atoms with Crippen molar-refractivity contribution in [3.63, 3.8) is 0 Å². The van der Waals surface area contributed by atoms with E-state index in [1.54, 1.807) is 28.8 Å². The molecule has 0 spiro atoms. The number of nitrogens with zero attached hydrogens (tertiary/aromatic N) is 5. The standard InChI is InChI=1S/C25H31N5O4S/c26-7-8-30-22-6-5-19(24(31)28-11-9-27(10-12-28)21-3-1-2-4-21)17-20(22)18-23(30)25(32)29-13-15-35(33,34)16-14-29/h5-6,17-18,21H,1-4,8-16H2. The molecule has 1 aromatic carbocycles. The molecule has 2 amide bonds. The molecule has 1 aliphatic carbocycles. The summed E-state index contributed by atoms with van der Waals surface area (Å²) in [6.45, 7) is 3.52. The third-order valence-corrected chi connectivity index (χ3v) is 9.28. The zero-order valence-corrected chi connectivity index (χ0v) is 20.7. The van der Waals surface area contributed by atoms with Gasteiger partial charge < -0.3 is 14.4 Å². The van der Waals surface area contributed by atoms with E-state index in [0.29, 0.717) is 35.9 Å². The van der Waals surface area contributed by atoms with E-state index < -0.39 is 9.84 Å². The highest BCUT2D eigenvalue weighted by molar-refractivity contribution is 7.91. The lowest BCUT2D eigenvalue weighted by Gasteiger charge is -2.38. The molecule has 9 nitrogen and oxygen atoms in total. The maximum Gasteiger partial charge on any atom is 0.270 e. The number of carbonyl (C=O) groups is 2. The van der Waals surface area contributed by atoms with Gasteiger partial charge in [0.25, 0.3) is 11.8 Å². The largest absolute Gasteiger partial charge is 0.336 e. The molecular weight excluding hydrogens is 466 g/mol. The minimum atomic E-state index is -3.11. The highest BCUT2D eigenvalue weighted by atomic mass is 32.2. The Bertz CT molecular complexity index is 1270. The number of carbonyl (C=O) groups excluding carboxylic acids is 2. The molecule has 1 saturated carbocycles. The first-order valence-electron chi connectivity index (χ1n) is 12.4. The Morgan fingerprint density at radius 2 is 1.57 bits per heavy atom. The first-order chi connectivity index (χ1) is 16.9. The molecule has 35 heavy (non-hydrogen) atoms. The van der Waals surface area contributed by atoms with Crippen LogP contribution in [0.15, 0.2) is 24.3 Å². The minimum absolute atomic E-state index is 0.00681. The van der Waals surface area contributed by atoms with Crippen LogP contribution < -0.4 is 0 Å². The zero-order valence-electron chi connectivity index (χ0n) is 19.9.